The summed E-state index contributed by atoms with van der Waals surface area (Å²) in [6.45, 7) is 2.51. The number of hydrogen-bond acceptors (Lipinski definition) is 23. The van der Waals surface area contributed by atoms with Gasteiger partial charge in [-0.25, -0.2) is 4.79 Å². The molecule has 25 nitrogen and oxygen atoms in total. The molecule has 0 spiro atoms. The van der Waals surface area contributed by atoms with Crippen LogP contribution in [0.2, 0.25) is 0 Å². The molecule has 0 aliphatic carbocycles. The van der Waals surface area contributed by atoms with Crippen LogP contribution in [-0.2, 0) is 73.3 Å². The number of carbonyl (C=O) groups excluding carboxylic acids is 2. The topological polar surface area (TPSA) is 330 Å². The summed E-state index contributed by atoms with van der Waals surface area (Å²) in [7, 11) is 6.07. The summed E-state index contributed by atoms with van der Waals surface area (Å²) in [5, 5.41) is 59.3. The van der Waals surface area contributed by atoms with Gasteiger partial charge in [-0.3, -0.25) is 14.4 Å². The number of oxime groups is 4. The van der Waals surface area contributed by atoms with Gasteiger partial charge in [0.15, 0.2) is 0 Å². The quantitative estimate of drug-likeness (QED) is 0.0104. The van der Waals surface area contributed by atoms with Gasteiger partial charge in [-0.1, -0.05) is 231 Å². The number of nitrogens with zero attached hydrogens (tertiary/aromatic N) is 4. The van der Waals surface area contributed by atoms with E-state index in [9.17, 15) is 19.2 Å². The second-order valence-electron chi connectivity index (χ2n) is 25.4. The van der Waals surface area contributed by atoms with Gasteiger partial charge in [0.25, 0.3) is 0 Å². The van der Waals surface area contributed by atoms with E-state index >= 15 is 0 Å². The molecular weight excluding hydrogens is 1620 g/mol. The first-order valence-electron chi connectivity index (χ1n) is 37.8. The Labute approximate surface area is 716 Å². The minimum atomic E-state index is -0.985. The number of alkyl halides is 1. The number of hydrogen-bond donors (Lipinski definition) is 5. The predicted octanol–water partition coefficient (Wildman–Crippen LogP) is 17.3. The van der Waals surface area contributed by atoms with Gasteiger partial charge >= 0.3 is 11.9 Å². The highest BCUT2D eigenvalue weighted by Crippen LogP contribution is 2.23. The van der Waals surface area contributed by atoms with Crippen LogP contribution in [0.3, 0.4) is 0 Å². The minimum absolute atomic E-state index is 0.0285. The Bertz CT molecular complexity index is 5080. The summed E-state index contributed by atoms with van der Waals surface area (Å²) in [4.78, 5) is 60.2. The lowest BCUT2D eigenvalue weighted by Crippen LogP contribution is -2.13. The SMILES string of the molecule is CO/N=C(\COc1ccc(CO)cc1)c1ccccc1.CO/N=C(\COc1ccc(COc2ccc(C=O)cc2)cc1)c1ccccc1.CO/N=C(\COc1ccc(COc2ccc(CO)cc2)cc1)c1ccccc1.CO/N=C(\COc1ccc(COc2ccc(COCC(=O)O)cc2)cc1)c1ccccc1.O=C(O)CBr.O=Cc1ccc(O)cc1. The molecule has 122 heavy (non-hydrogen) atoms. The van der Waals surface area contributed by atoms with Crippen molar-refractivity contribution in [3.8, 4) is 46.0 Å². The van der Waals surface area contributed by atoms with E-state index in [0.717, 1.165) is 114 Å². The number of ether oxygens (including phenoxy) is 8. The number of benzene rings is 12. The second kappa shape index (κ2) is 56.0. The summed E-state index contributed by atoms with van der Waals surface area (Å²) in [6.07, 6.45) is 1.54. The Morgan fingerprint density at radius 3 is 0.738 bits per heavy atom. The largest absolute Gasteiger partial charge is 0.508 e. The van der Waals surface area contributed by atoms with Gasteiger partial charge in [-0.2, -0.15) is 0 Å². The molecule has 12 rings (SSSR count). The number of aldehydes is 2. The zero-order chi connectivity index (χ0) is 87.0. The third-order valence-electron chi connectivity index (χ3n) is 16.5. The number of carbonyl (C=O) groups is 4. The highest BCUT2D eigenvalue weighted by Gasteiger charge is 2.12. The van der Waals surface area contributed by atoms with E-state index in [0.29, 0.717) is 67.9 Å². The van der Waals surface area contributed by atoms with Crippen molar-refractivity contribution in [2.24, 2.45) is 20.6 Å². The van der Waals surface area contributed by atoms with E-state index in [-0.39, 0.29) is 44.1 Å². The van der Waals surface area contributed by atoms with Crippen molar-refractivity contribution in [1.82, 2.24) is 0 Å². The third kappa shape index (κ3) is 37.0. The number of phenolic OH excluding ortho intramolecular Hbond substituents is 1. The van der Waals surface area contributed by atoms with Crippen molar-refractivity contribution in [2.45, 2.75) is 39.6 Å². The van der Waals surface area contributed by atoms with Crippen molar-refractivity contribution in [3.63, 3.8) is 0 Å². The molecule has 0 aliphatic heterocycles. The molecule has 0 unspecified atom stereocenters. The molecular formula is C96H95BrN4O21. The van der Waals surface area contributed by atoms with Crippen LogP contribution in [0, 0.1) is 0 Å². The molecule has 0 saturated heterocycles. The number of aromatic hydroxyl groups is 1. The van der Waals surface area contributed by atoms with Crippen molar-refractivity contribution in [2.75, 3.05) is 66.8 Å². The first-order valence-corrected chi connectivity index (χ1v) is 38.9. The van der Waals surface area contributed by atoms with Crippen molar-refractivity contribution < 1.29 is 102 Å². The lowest BCUT2D eigenvalue weighted by Gasteiger charge is -2.10. The number of phenols is 1. The van der Waals surface area contributed by atoms with Crippen molar-refractivity contribution in [3.05, 3.63) is 382 Å². The molecule has 0 atom stereocenters. The molecule has 0 heterocycles. The number of aliphatic carboxylic acids is 2. The Morgan fingerprint density at radius 1 is 0.295 bits per heavy atom. The van der Waals surface area contributed by atoms with Crippen molar-refractivity contribution in [1.29, 1.82) is 0 Å². The van der Waals surface area contributed by atoms with Gasteiger partial charge < -0.3 is 82.8 Å². The maximum Gasteiger partial charge on any atom is 0.329 e. The highest BCUT2D eigenvalue weighted by atomic mass is 79.9. The van der Waals surface area contributed by atoms with E-state index in [2.05, 4.69) is 36.6 Å². The van der Waals surface area contributed by atoms with Gasteiger partial charge in [0.1, 0.15) is 168 Å². The second-order valence-corrected chi connectivity index (χ2v) is 25.9. The zero-order valence-electron chi connectivity index (χ0n) is 67.6. The van der Waals surface area contributed by atoms with Crippen LogP contribution in [0.15, 0.2) is 336 Å². The lowest BCUT2D eigenvalue weighted by molar-refractivity contribution is -0.142. The zero-order valence-corrected chi connectivity index (χ0v) is 69.2. The van der Waals surface area contributed by atoms with Gasteiger partial charge in [0.05, 0.1) is 19.8 Å². The van der Waals surface area contributed by atoms with Gasteiger partial charge in [-0.15, -0.1) is 0 Å². The molecule has 12 aromatic carbocycles. The smallest absolute Gasteiger partial charge is 0.329 e. The summed E-state index contributed by atoms with van der Waals surface area (Å²) < 4.78 is 45.6. The summed E-state index contributed by atoms with van der Waals surface area (Å²) in [6, 6.07) is 97.2. The van der Waals surface area contributed by atoms with Crippen LogP contribution in [0.4, 0.5) is 0 Å². The molecule has 5 N–H and O–H groups in total. The van der Waals surface area contributed by atoms with E-state index in [1.807, 2.05) is 267 Å². The molecule has 12 aromatic rings. The molecule has 0 bridgehead atoms. The Kier molecular flexibility index (Phi) is 43.5. The van der Waals surface area contributed by atoms with Crippen LogP contribution in [0.25, 0.3) is 0 Å². The fraction of sp³-hybridized carbons (Fsp3) is 0.167. The average Bonchev–Trinajstić information content (AvgIpc) is 0.882. The van der Waals surface area contributed by atoms with Crippen LogP contribution in [0.5, 0.6) is 46.0 Å². The maximum atomic E-state index is 10.7. The summed E-state index contributed by atoms with van der Waals surface area (Å²) >= 11 is 2.71. The maximum absolute atomic E-state index is 10.7. The standard InChI is InChI=1S/C25H25NO6.C23H23NO4.C23H21NO4.C16H17NO3.C7H6O2.C2H3BrO2/c1-29-26-24(21-5-3-2-4-6-21)17-32-23-13-9-20(10-14-23)16-31-22-11-7-19(8-12-22)15-30-18-25(27)28;2*1-26-24-23(20-5-3-2-4-6-20)17-28-22-13-9-19(10-14-22)16-27-21-11-7-18(15-25)8-12-21;1-19-17-16(14-5-3-2-4-6-14)12-20-15-9-7-13(11-18)8-10-15;8-5-6-1-3-7(9)4-2-6;3-1-2(4)5/h2-14H,15-18H2,1H3,(H,27,28);2-14,25H,15-17H2,1H3;2-15H,16-17H2,1H3;2-10,18H,11-12H2,1H3;1-5,9H;1H2,(H,4,5)/b26-24+;2*24-23+;17-16+;;. The van der Waals surface area contributed by atoms with E-state index in [4.69, 9.17) is 82.8 Å². The molecule has 0 fully saturated rings. The predicted molar refractivity (Wildman–Crippen MR) is 469 cm³/mol. The fourth-order valence-electron chi connectivity index (χ4n) is 10.3. The Morgan fingerprint density at radius 2 is 0.516 bits per heavy atom. The molecule has 0 aromatic heterocycles. The summed E-state index contributed by atoms with van der Waals surface area (Å²) in [5.74, 6) is 3.49. The normalized spacial score (nSPS) is 10.8. The Balaban J connectivity index is 0.000000214. The highest BCUT2D eigenvalue weighted by molar-refractivity contribution is 9.09. The van der Waals surface area contributed by atoms with Crippen LogP contribution in [0.1, 0.15) is 76.4 Å². The number of carboxylic acids is 2. The fourth-order valence-corrected chi connectivity index (χ4v) is 10.3. The molecule has 632 valence electrons. The molecule has 0 saturated carbocycles. The van der Waals surface area contributed by atoms with Gasteiger partial charge in [-0.05, 0) is 155 Å². The Hall–Kier alpha value is -14.4. The number of halogens is 1. The number of rotatable bonds is 38. The summed E-state index contributed by atoms with van der Waals surface area (Å²) in [5.41, 5.74) is 13.5. The number of aliphatic hydroxyl groups is 2. The average molecular weight is 1720 g/mol. The number of aliphatic hydroxyl groups excluding tert-OH is 2. The van der Waals surface area contributed by atoms with Gasteiger partial charge in [0, 0.05) is 33.4 Å². The van der Waals surface area contributed by atoms with E-state index < -0.39 is 11.9 Å². The number of carboxylic acid groups (broad SMARTS) is 2. The van der Waals surface area contributed by atoms with Crippen LogP contribution >= 0.6 is 15.9 Å². The van der Waals surface area contributed by atoms with Crippen LogP contribution < -0.4 is 33.2 Å². The lowest BCUT2D eigenvalue weighted by atomic mass is 10.1. The van der Waals surface area contributed by atoms with Gasteiger partial charge in [0.2, 0.25) is 0 Å². The molecule has 0 radical (unpaired) electrons. The first-order chi connectivity index (χ1) is 59.6. The first kappa shape index (κ1) is 94.7. The molecule has 26 heteroatoms. The van der Waals surface area contributed by atoms with E-state index in [1.165, 1.54) is 40.6 Å². The van der Waals surface area contributed by atoms with Crippen molar-refractivity contribution >= 4 is 63.3 Å². The molecule has 0 amide bonds. The minimum Gasteiger partial charge on any atom is -0.508 e. The monoisotopic (exact) mass is 1720 g/mol. The third-order valence-corrected chi connectivity index (χ3v) is 17.0. The van der Waals surface area contributed by atoms with Crippen LogP contribution in [-0.4, -0.2) is 140 Å². The molecule has 0 aliphatic rings. The van der Waals surface area contributed by atoms with E-state index in [1.54, 1.807) is 36.4 Å².